The Morgan fingerprint density at radius 2 is 2.25 bits per heavy atom. The van der Waals surface area contributed by atoms with E-state index >= 15 is 0 Å². The Morgan fingerprint density at radius 1 is 1.50 bits per heavy atom. The first-order chi connectivity index (χ1) is 8.15. The fourth-order valence-corrected chi connectivity index (χ4v) is 2.13. The normalized spacial score (nSPS) is 25.1. The minimum absolute atomic E-state index is 0.164. The average Bonchev–Trinajstić information content (AvgIpc) is 2.32. The van der Waals surface area contributed by atoms with Gasteiger partial charge in [-0.3, -0.25) is 4.90 Å². The zero-order valence-electron chi connectivity index (χ0n) is 10.5. The fourth-order valence-electron chi connectivity index (χ4n) is 1.87. The van der Waals surface area contributed by atoms with Crippen molar-refractivity contribution in [2.75, 3.05) is 26.2 Å². The van der Waals surface area contributed by atoms with Crippen molar-refractivity contribution in [2.24, 2.45) is 0 Å². The van der Waals surface area contributed by atoms with Crippen LogP contribution in [0.15, 0.2) is 28.7 Å². The number of hydrogen-bond donors (Lipinski definition) is 0. The molecule has 1 aromatic rings. The summed E-state index contributed by atoms with van der Waals surface area (Å²) < 4.78 is 14.8. The highest BCUT2D eigenvalue weighted by Gasteiger charge is 2.15. The molecule has 1 heterocycles. The molecule has 1 aliphatic heterocycles. The van der Waals surface area contributed by atoms with Crippen LogP contribution in [-0.2, 0) is 11.2 Å². The maximum atomic E-state index is 8.21. The lowest BCUT2D eigenvalue weighted by atomic mass is 10.1. The van der Waals surface area contributed by atoms with Crippen LogP contribution in [0.5, 0.6) is 0 Å². The molecule has 0 N–H and O–H groups in total. The van der Waals surface area contributed by atoms with Gasteiger partial charge in [0.15, 0.2) is 0 Å². The molecule has 0 saturated carbocycles. The zero-order valence-corrected chi connectivity index (χ0v) is 11.1. The van der Waals surface area contributed by atoms with Gasteiger partial charge in [0.25, 0.3) is 0 Å². The van der Waals surface area contributed by atoms with Crippen molar-refractivity contribution < 1.29 is 6.11 Å². The Labute approximate surface area is 107 Å². The highest BCUT2D eigenvalue weighted by molar-refractivity contribution is 9.10. The van der Waals surface area contributed by atoms with Crippen LogP contribution in [0.25, 0.3) is 0 Å². The molecular formula is C13H18BrNO. The standard InChI is InChI=1S/C13H18BrNO/c1-11-10-15(8-9-16-11)7-6-12-2-4-13(14)5-3-12/h2-5,11H,6-10H2,1H3/i7D/t7-,11?/m0/s1. The molecule has 0 aliphatic carbocycles. The number of nitrogens with zero attached hydrogens (tertiary/aromatic N) is 1. The first-order valence-electron chi connectivity index (χ1n) is 6.25. The topological polar surface area (TPSA) is 12.5 Å². The minimum Gasteiger partial charge on any atom is -0.376 e. The van der Waals surface area contributed by atoms with Gasteiger partial charge in [-0.1, -0.05) is 28.1 Å². The predicted octanol–water partition coefficient (Wildman–Crippen LogP) is 2.71. The first kappa shape index (κ1) is 10.8. The molecule has 0 radical (unpaired) electrons. The highest BCUT2D eigenvalue weighted by Crippen LogP contribution is 2.12. The van der Waals surface area contributed by atoms with Crippen LogP contribution in [0.1, 0.15) is 13.9 Å². The monoisotopic (exact) mass is 284 g/mol. The maximum Gasteiger partial charge on any atom is 0.0674 e. The number of aryl methyl sites for hydroxylation is 1. The summed E-state index contributed by atoms with van der Waals surface area (Å²) in [5.74, 6) is 0. The Bertz CT molecular complexity index is 357. The van der Waals surface area contributed by atoms with Gasteiger partial charge in [-0.25, -0.2) is 0 Å². The summed E-state index contributed by atoms with van der Waals surface area (Å²) in [5.41, 5.74) is 1.22. The van der Waals surface area contributed by atoms with E-state index in [9.17, 15) is 0 Å². The van der Waals surface area contributed by atoms with Crippen molar-refractivity contribution in [1.82, 2.24) is 4.90 Å². The van der Waals surface area contributed by atoms with Gasteiger partial charge >= 0.3 is 0 Å². The van der Waals surface area contributed by atoms with Crippen molar-refractivity contribution >= 4 is 15.9 Å². The Hall–Kier alpha value is -0.380. The summed E-state index contributed by atoms with van der Waals surface area (Å²) in [6.07, 6.45) is 1.03. The van der Waals surface area contributed by atoms with Crippen LogP contribution in [-0.4, -0.2) is 37.2 Å². The second kappa shape index (κ2) is 5.80. The fraction of sp³-hybridized carbons (Fsp3) is 0.538. The number of rotatable bonds is 3. The predicted molar refractivity (Wildman–Crippen MR) is 69.7 cm³/mol. The molecule has 2 nitrogen and oxygen atoms in total. The number of hydrogen-bond acceptors (Lipinski definition) is 2. The molecule has 0 amide bonds. The summed E-state index contributed by atoms with van der Waals surface area (Å²) >= 11 is 3.42. The highest BCUT2D eigenvalue weighted by atomic mass is 79.9. The SMILES string of the molecule is [2H][C@@H](Cc1ccc(Br)cc1)N1CCOC(C)C1. The smallest absolute Gasteiger partial charge is 0.0674 e. The van der Waals surface area contributed by atoms with Gasteiger partial charge < -0.3 is 4.74 Å². The molecule has 1 aromatic carbocycles. The summed E-state index contributed by atoms with van der Waals surface area (Å²) in [5, 5.41) is 0. The molecule has 3 heteroatoms. The van der Waals surface area contributed by atoms with Crippen molar-refractivity contribution in [3.8, 4) is 0 Å². The van der Waals surface area contributed by atoms with Gasteiger partial charge in [0.1, 0.15) is 0 Å². The third-order valence-electron chi connectivity index (χ3n) is 2.77. The van der Waals surface area contributed by atoms with E-state index in [-0.39, 0.29) is 12.6 Å². The largest absolute Gasteiger partial charge is 0.376 e. The van der Waals surface area contributed by atoms with Crippen molar-refractivity contribution in [3.63, 3.8) is 0 Å². The van der Waals surface area contributed by atoms with E-state index < -0.39 is 0 Å². The lowest BCUT2D eigenvalue weighted by Gasteiger charge is -2.31. The quantitative estimate of drug-likeness (QED) is 0.846. The van der Waals surface area contributed by atoms with Crippen LogP contribution in [0, 0.1) is 0 Å². The number of morpholine rings is 1. The molecule has 2 atom stereocenters. The van der Waals surface area contributed by atoms with Crippen molar-refractivity contribution in [3.05, 3.63) is 34.3 Å². The molecular weight excluding hydrogens is 266 g/mol. The summed E-state index contributed by atoms with van der Waals surface area (Å²) in [6, 6.07) is 8.22. The summed E-state index contributed by atoms with van der Waals surface area (Å²) in [4.78, 5) is 2.19. The van der Waals surface area contributed by atoms with E-state index in [2.05, 4.69) is 39.9 Å². The van der Waals surface area contributed by atoms with Crippen LogP contribution >= 0.6 is 15.9 Å². The van der Waals surface area contributed by atoms with Crippen LogP contribution in [0.2, 0.25) is 0 Å². The molecule has 88 valence electrons. The van der Waals surface area contributed by atoms with Gasteiger partial charge in [0, 0.05) is 25.5 Å². The van der Waals surface area contributed by atoms with E-state index in [1.165, 1.54) is 5.56 Å². The molecule has 0 bridgehead atoms. The van der Waals surface area contributed by atoms with Crippen LogP contribution in [0.3, 0.4) is 0 Å². The zero-order chi connectivity index (χ0) is 12.3. The van der Waals surface area contributed by atoms with Crippen molar-refractivity contribution in [2.45, 2.75) is 19.4 Å². The molecule has 1 fully saturated rings. The minimum atomic E-state index is -0.164. The summed E-state index contributed by atoms with van der Waals surface area (Å²) in [6.45, 7) is 4.39. The summed E-state index contributed by atoms with van der Waals surface area (Å²) in [7, 11) is 0. The maximum absolute atomic E-state index is 8.21. The van der Waals surface area contributed by atoms with Crippen LogP contribution < -0.4 is 0 Å². The molecule has 16 heavy (non-hydrogen) atoms. The lowest BCUT2D eigenvalue weighted by molar-refractivity contribution is -0.0177. The van der Waals surface area contributed by atoms with Gasteiger partial charge in [0.05, 0.1) is 12.7 Å². The van der Waals surface area contributed by atoms with E-state index in [1.807, 2.05) is 12.1 Å². The number of benzene rings is 1. The van der Waals surface area contributed by atoms with Gasteiger partial charge in [-0.15, -0.1) is 0 Å². The lowest BCUT2D eigenvalue weighted by Crippen LogP contribution is -2.41. The third-order valence-corrected chi connectivity index (χ3v) is 3.30. The average molecular weight is 285 g/mol. The van der Waals surface area contributed by atoms with E-state index in [4.69, 9.17) is 6.11 Å². The molecule has 1 unspecified atom stereocenters. The molecule has 0 aromatic heterocycles. The Kier molecular flexibility index (Phi) is 3.90. The molecule has 1 saturated heterocycles. The molecule has 1 aliphatic rings. The molecule has 0 spiro atoms. The van der Waals surface area contributed by atoms with E-state index in [0.717, 1.165) is 30.6 Å². The Morgan fingerprint density at radius 3 is 2.94 bits per heavy atom. The number of ether oxygens (including phenoxy) is 1. The Balaban J connectivity index is 1.91. The van der Waals surface area contributed by atoms with E-state index in [0.29, 0.717) is 0 Å². The number of halogens is 1. The van der Waals surface area contributed by atoms with Crippen molar-refractivity contribution in [1.29, 1.82) is 0 Å². The second-order valence-electron chi connectivity index (χ2n) is 4.19. The second-order valence-corrected chi connectivity index (χ2v) is 5.11. The van der Waals surface area contributed by atoms with Gasteiger partial charge in [-0.05, 0) is 31.0 Å². The van der Waals surface area contributed by atoms with E-state index in [1.54, 1.807) is 0 Å². The first-order valence-corrected chi connectivity index (χ1v) is 6.47. The van der Waals surface area contributed by atoms with Gasteiger partial charge in [0.2, 0.25) is 0 Å². The van der Waals surface area contributed by atoms with Crippen LogP contribution in [0.4, 0.5) is 0 Å². The molecule has 2 rings (SSSR count). The van der Waals surface area contributed by atoms with Gasteiger partial charge in [-0.2, -0.15) is 0 Å². The third kappa shape index (κ3) is 3.58.